The van der Waals surface area contributed by atoms with Gasteiger partial charge in [-0.25, -0.2) is 0 Å². The highest BCUT2D eigenvalue weighted by Gasteiger charge is 2.40. The normalized spacial score (nSPS) is 18.9. The van der Waals surface area contributed by atoms with Crippen molar-refractivity contribution in [2.45, 2.75) is 281 Å². The Balaban J connectivity index is 0.000000205. The third kappa shape index (κ3) is 27.5. The van der Waals surface area contributed by atoms with Crippen molar-refractivity contribution in [2.75, 3.05) is 27.4 Å². The Hall–Kier alpha value is -6.10. The molecule has 9 nitrogen and oxygen atoms in total. The van der Waals surface area contributed by atoms with E-state index in [0.717, 1.165) is 86.5 Å². The maximum Gasteiger partial charge on any atom is 0.234 e. The molecule has 3 aliphatic carbocycles. The minimum absolute atomic E-state index is 0.0354. The van der Waals surface area contributed by atoms with Crippen LogP contribution in [0.5, 0.6) is 28.7 Å². The average molecular weight is 1330 g/mol. The molecule has 534 valence electrons. The molecular formula is C88H128O9. The highest BCUT2D eigenvalue weighted by atomic mass is 16.7. The summed E-state index contributed by atoms with van der Waals surface area (Å²) in [5, 5.41) is 0. The van der Waals surface area contributed by atoms with Crippen LogP contribution in [0.25, 0.3) is 0 Å². The second-order valence-corrected chi connectivity index (χ2v) is 30.0. The van der Waals surface area contributed by atoms with E-state index >= 15 is 0 Å². The molecule has 2 fully saturated rings. The second-order valence-electron chi connectivity index (χ2n) is 30.0. The van der Waals surface area contributed by atoms with Crippen LogP contribution in [0.2, 0.25) is 0 Å². The van der Waals surface area contributed by atoms with Gasteiger partial charge in [-0.15, -0.1) is 0 Å². The Morgan fingerprint density at radius 3 is 1.29 bits per heavy atom. The molecule has 0 bridgehead atoms. The smallest absolute Gasteiger partial charge is 0.234 e. The SMILES string of the molecule is CCC(C)c1ccc(OC(CC(C)(C)C)OC2CCCCC2)cc1.CCC(C)c1ccc(OC(COc2ccccc2)OC)cc1.CCC(C)c1ccc(OC(OC)C2(C)CCC(C)=C(C)C2)cc1.CCC(C)c1ccc(OC(OCCc2ccccc2)C2(C)CCCCC2)cc1. The van der Waals surface area contributed by atoms with E-state index in [4.69, 9.17) is 42.6 Å². The summed E-state index contributed by atoms with van der Waals surface area (Å²) in [5.41, 5.74) is 10.1. The number of ether oxygens (including phenoxy) is 9. The molecule has 97 heavy (non-hydrogen) atoms. The quantitative estimate of drug-likeness (QED) is 0.0323. The predicted molar refractivity (Wildman–Crippen MR) is 404 cm³/mol. The van der Waals surface area contributed by atoms with Crippen molar-refractivity contribution in [3.63, 3.8) is 0 Å². The van der Waals surface area contributed by atoms with Crippen LogP contribution in [0.3, 0.4) is 0 Å². The predicted octanol–water partition coefficient (Wildman–Crippen LogP) is 24.5. The molecule has 6 aromatic rings. The molecule has 9 atom stereocenters. The molecule has 2 saturated carbocycles. The van der Waals surface area contributed by atoms with Crippen molar-refractivity contribution in [2.24, 2.45) is 16.2 Å². The van der Waals surface area contributed by atoms with Crippen LogP contribution < -0.4 is 23.7 Å². The van der Waals surface area contributed by atoms with Gasteiger partial charge in [0.25, 0.3) is 0 Å². The highest BCUT2D eigenvalue weighted by Crippen LogP contribution is 2.44. The lowest BCUT2D eigenvalue weighted by molar-refractivity contribution is -0.162. The molecule has 0 radical (unpaired) electrons. The van der Waals surface area contributed by atoms with Gasteiger partial charge >= 0.3 is 0 Å². The van der Waals surface area contributed by atoms with Crippen molar-refractivity contribution in [1.29, 1.82) is 0 Å². The topological polar surface area (TPSA) is 83.1 Å². The molecular weight excluding hydrogens is 1200 g/mol. The van der Waals surface area contributed by atoms with Crippen LogP contribution in [0, 0.1) is 16.2 Å². The first-order valence-corrected chi connectivity index (χ1v) is 37.4. The summed E-state index contributed by atoms with van der Waals surface area (Å²) in [6.07, 6.45) is 21.6. The second kappa shape index (κ2) is 41.5. The number of hydrogen-bond donors (Lipinski definition) is 0. The lowest BCUT2D eigenvalue weighted by Crippen LogP contribution is -2.41. The number of benzene rings is 6. The zero-order chi connectivity index (χ0) is 70.2. The number of methoxy groups -OCH3 is 2. The summed E-state index contributed by atoms with van der Waals surface area (Å²) >= 11 is 0. The summed E-state index contributed by atoms with van der Waals surface area (Å²) in [4.78, 5) is 0. The van der Waals surface area contributed by atoms with Gasteiger partial charge in [0, 0.05) is 31.5 Å². The minimum atomic E-state index is -0.436. The van der Waals surface area contributed by atoms with Gasteiger partial charge in [-0.2, -0.15) is 0 Å². The summed E-state index contributed by atoms with van der Waals surface area (Å²) in [7, 11) is 3.37. The molecule has 0 saturated heterocycles. The average Bonchev–Trinajstić information content (AvgIpc) is 0.833. The van der Waals surface area contributed by atoms with Gasteiger partial charge in [-0.3, -0.25) is 0 Å². The largest absolute Gasteiger partial charge is 0.487 e. The lowest BCUT2D eigenvalue weighted by atomic mass is 9.73. The van der Waals surface area contributed by atoms with Gasteiger partial charge in [0.1, 0.15) is 28.7 Å². The fraction of sp³-hybridized carbons (Fsp3) is 0.568. The highest BCUT2D eigenvalue weighted by molar-refractivity contribution is 5.33. The van der Waals surface area contributed by atoms with E-state index in [-0.39, 0.29) is 35.1 Å². The molecule has 9 rings (SSSR count). The van der Waals surface area contributed by atoms with E-state index in [1.807, 2.05) is 42.5 Å². The molecule has 0 spiro atoms. The molecule has 9 heteroatoms. The zero-order valence-corrected chi connectivity index (χ0v) is 63.2. The molecule has 0 heterocycles. The minimum Gasteiger partial charge on any atom is -0.487 e. The number of para-hydroxylation sites is 1. The summed E-state index contributed by atoms with van der Waals surface area (Å²) in [6.45, 7) is 34.8. The third-order valence-corrected chi connectivity index (χ3v) is 20.7. The van der Waals surface area contributed by atoms with Crippen LogP contribution in [-0.2, 0) is 25.4 Å². The van der Waals surface area contributed by atoms with Crippen molar-refractivity contribution < 1.29 is 42.6 Å². The lowest BCUT2D eigenvalue weighted by Gasteiger charge is -2.40. The third-order valence-electron chi connectivity index (χ3n) is 20.7. The Bertz CT molecular complexity index is 3070. The number of rotatable bonds is 30. The van der Waals surface area contributed by atoms with Crippen molar-refractivity contribution in [1.82, 2.24) is 0 Å². The number of allylic oxidation sites excluding steroid dienone is 2. The Labute approximate surface area is 589 Å². The maximum absolute atomic E-state index is 6.44. The summed E-state index contributed by atoms with van der Waals surface area (Å²) in [6, 6.07) is 54.1. The van der Waals surface area contributed by atoms with E-state index in [1.165, 1.54) is 103 Å². The van der Waals surface area contributed by atoms with E-state index < -0.39 is 6.29 Å². The summed E-state index contributed by atoms with van der Waals surface area (Å²) < 4.78 is 54.1. The van der Waals surface area contributed by atoms with E-state index in [1.54, 1.807) is 14.2 Å². The Morgan fingerprint density at radius 1 is 0.443 bits per heavy atom. The molecule has 0 N–H and O–H groups in total. The van der Waals surface area contributed by atoms with Gasteiger partial charge in [0.2, 0.25) is 25.2 Å². The first-order chi connectivity index (χ1) is 46.6. The van der Waals surface area contributed by atoms with Gasteiger partial charge < -0.3 is 42.6 Å². The first kappa shape index (κ1) is 79.9. The monoisotopic (exact) mass is 1330 g/mol. The molecule has 0 aromatic heterocycles. The Morgan fingerprint density at radius 2 is 0.866 bits per heavy atom. The van der Waals surface area contributed by atoms with Crippen molar-refractivity contribution in [3.05, 3.63) is 197 Å². The molecule has 9 unspecified atom stereocenters. The molecule has 6 aromatic carbocycles. The van der Waals surface area contributed by atoms with E-state index in [9.17, 15) is 0 Å². The first-order valence-electron chi connectivity index (χ1n) is 37.4. The van der Waals surface area contributed by atoms with Gasteiger partial charge in [-0.1, -0.05) is 237 Å². The molecule has 3 aliphatic rings. The number of hydrogen-bond acceptors (Lipinski definition) is 9. The molecule has 0 aliphatic heterocycles. The standard InChI is InChI=1S/C26H36O2.C22H36O2.C21H32O2.C19H24O3/c1-4-21(2)23-13-15-24(16-14-23)28-25(26(3)18-9-6-10-19-26)27-20-17-22-11-7-5-8-12-22;1-6-17(2)18-12-14-20(15-13-18)24-21(16-22(3,4)5)23-19-10-8-7-9-11-19;1-7-15(2)18-8-10-19(11-9-18)23-20(22-6)21(5)13-12-16(3)17(4)14-21;1-4-15(2)16-10-12-18(13-11-16)22-19(20-3)14-21-17-8-6-5-7-9-17/h5,7-8,11-16,21,25H,4,6,9-10,17-20H2,1-3H3;12-15,17,19,21H,6-11,16H2,1-5H3;8-11,15,20H,7,12-14H2,1-6H3;5-13,15,19H,4,14H2,1-3H3. The van der Waals surface area contributed by atoms with E-state index in [0.29, 0.717) is 43.0 Å². The molecule has 0 amide bonds. The Kier molecular flexibility index (Phi) is 34.1. The van der Waals surface area contributed by atoms with Gasteiger partial charge in [0.15, 0.2) is 6.61 Å². The van der Waals surface area contributed by atoms with Crippen LogP contribution in [0.15, 0.2) is 169 Å². The fourth-order valence-electron chi connectivity index (χ4n) is 13.0. The van der Waals surface area contributed by atoms with Crippen LogP contribution in [-0.4, -0.2) is 58.7 Å². The van der Waals surface area contributed by atoms with E-state index in [2.05, 4.69) is 219 Å². The van der Waals surface area contributed by atoms with Gasteiger partial charge in [-0.05, 0) is 208 Å². The van der Waals surface area contributed by atoms with Crippen molar-refractivity contribution in [3.8, 4) is 28.7 Å². The van der Waals surface area contributed by atoms with Gasteiger partial charge in [0.05, 0.1) is 12.7 Å². The summed E-state index contributed by atoms with van der Waals surface area (Å²) in [5.74, 6) is 6.67. The fourth-order valence-corrected chi connectivity index (χ4v) is 13.0. The zero-order valence-electron chi connectivity index (χ0n) is 63.2. The van der Waals surface area contributed by atoms with Crippen molar-refractivity contribution >= 4 is 0 Å². The van der Waals surface area contributed by atoms with Crippen LogP contribution in [0.4, 0.5) is 0 Å². The van der Waals surface area contributed by atoms with Crippen LogP contribution in [0.1, 0.15) is 271 Å². The maximum atomic E-state index is 6.44. The van der Waals surface area contributed by atoms with Crippen LogP contribution >= 0.6 is 0 Å².